The zero-order chi connectivity index (χ0) is 11.9. The lowest BCUT2D eigenvalue weighted by atomic mass is 10.1. The van der Waals surface area contributed by atoms with Crippen molar-refractivity contribution in [1.29, 1.82) is 0 Å². The predicted molar refractivity (Wildman–Crippen MR) is 64.2 cm³/mol. The van der Waals surface area contributed by atoms with Crippen LogP contribution in [0.1, 0.15) is 32.6 Å². The van der Waals surface area contributed by atoms with Gasteiger partial charge in [0, 0.05) is 6.61 Å². The molecule has 2 aliphatic heterocycles. The summed E-state index contributed by atoms with van der Waals surface area (Å²) in [5.74, 6) is 0. The molecule has 0 aromatic carbocycles. The molecule has 3 atom stereocenters. The molecule has 0 bridgehead atoms. The highest BCUT2D eigenvalue weighted by molar-refractivity contribution is 4.70. The highest BCUT2D eigenvalue weighted by atomic mass is 16.6. The van der Waals surface area contributed by atoms with Gasteiger partial charge in [0.1, 0.15) is 12.2 Å². The number of hydrogen-bond acceptors (Lipinski definition) is 4. The normalized spacial score (nSPS) is 28.1. The van der Waals surface area contributed by atoms with E-state index in [0.29, 0.717) is 18.3 Å². The number of ether oxygens (including phenoxy) is 4. The van der Waals surface area contributed by atoms with Crippen LogP contribution in [0.15, 0.2) is 0 Å². The molecule has 0 aromatic rings. The van der Waals surface area contributed by atoms with E-state index in [9.17, 15) is 0 Å². The smallest absolute Gasteiger partial charge is 0.104 e. The van der Waals surface area contributed by atoms with Gasteiger partial charge in [-0.2, -0.15) is 0 Å². The minimum Gasteiger partial charge on any atom is -0.379 e. The van der Waals surface area contributed by atoms with E-state index in [0.717, 1.165) is 52.3 Å². The van der Waals surface area contributed by atoms with Gasteiger partial charge in [0.05, 0.1) is 32.5 Å². The molecule has 17 heavy (non-hydrogen) atoms. The molecule has 0 radical (unpaired) electrons. The van der Waals surface area contributed by atoms with Gasteiger partial charge in [-0.3, -0.25) is 0 Å². The second-order valence-corrected chi connectivity index (χ2v) is 4.87. The van der Waals surface area contributed by atoms with Gasteiger partial charge in [-0.25, -0.2) is 0 Å². The van der Waals surface area contributed by atoms with Crippen LogP contribution in [0.4, 0.5) is 0 Å². The molecule has 4 heteroatoms. The second kappa shape index (κ2) is 7.31. The molecule has 0 aliphatic carbocycles. The summed E-state index contributed by atoms with van der Waals surface area (Å²) >= 11 is 0. The first-order valence-electron chi connectivity index (χ1n) is 6.81. The molecule has 2 fully saturated rings. The Morgan fingerprint density at radius 3 is 2.47 bits per heavy atom. The summed E-state index contributed by atoms with van der Waals surface area (Å²) in [5.41, 5.74) is 0. The Labute approximate surface area is 104 Å². The van der Waals surface area contributed by atoms with Gasteiger partial charge >= 0.3 is 0 Å². The average molecular weight is 244 g/mol. The highest BCUT2D eigenvalue weighted by Crippen LogP contribution is 2.15. The lowest BCUT2D eigenvalue weighted by Crippen LogP contribution is -2.17. The zero-order valence-corrected chi connectivity index (χ0v) is 10.7. The number of epoxide rings is 2. The molecule has 0 spiro atoms. The third kappa shape index (κ3) is 6.36. The van der Waals surface area contributed by atoms with E-state index >= 15 is 0 Å². The lowest BCUT2D eigenvalue weighted by Gasteiger charge is -2.16. The Hall–Kier alpha value is -0.160. The Morgan fingerprint density at radius 1 is 1.12 bits per heavy atom. The summed E-state index contributed by atoms with van der Waals surface area (Å²) < 4.78 is 21.6. The van der Waals surface area contributed by atoms with Gasteiger partial charge < -0.3 is 18.9 Å². The molecule has 3 unspecified atom stereocenters. The van der Waals surface area contributed by atoms with E-state index in [4.69, 9.17) is 18.9 Å². The van der Waals surface area contributed by atoms with Crippen LogP contribution in [-0.4, -0.2) is 51.3 Å². The molecule has 0 amide bonds. The van der Waals surface area contributed by atoms with Crippen molar-refractivity contribution in [3.8, 4) is 0 Å². The van der Waals surface area contributed by atoms with Crippen LogP contribution in [-0.2, 0) is 18.9 Å². The fourth-order valence-corrected chi connectivity index (χ4v) is 1.83. The molecule has 2 saturated heterocycles. The maximum absolute atomic E-state index is 5.84. The first-order chi connectivity index (χ1) is 8.38. The molecular formula is C13H24O4. The summed E-state index contributed by atoms with van der Waals surface area (Å²) in [5, 5.41) is 0. The van der Waals surface area contributed by atoms with Crippen LogP contribution < -0.4 is 0 Å². The van der Waals surface area contributed by atoms with E-state index in [1.807, 2.05) is 0 Å². The number of hydrogen-bond donors (Lipinski definition) is 0. The Bertz CT molecular complexity index is 202. The fourth-order valence-electron chi connectivity index (χ4n) is 1.83. The van der Waals surface area contributed by atoms with Gasteiger partial charge in [0.15, 0.2) is 0 Å². The molecule has 0 saturated carbocycles. The number of rotatable bonds is 11. The van der Waals surface area contributed by atoms with Crippen molar-refractivity contribution in [2.75, 3.05) is 33.0 Å². The standard InChI is InChI=1S/C13H24O4/c1-2-4-11(15-9-13-10-17-13)5-3-6-14-7-12-8-16-12/h11-13H,2-10H2,1H3. The van der Waals surface area contributed by atoms with Crippen molar-refractivity contribution in [1.82, 2.24) is 0 Å². The maximum Gasteiger partial charge on any atom is 0.104 e. The van der Waals surface area contributed by atoms with Crippen molar-refractivity contribution in [2.45, 2.75) is 50.9 Å². The van der Waals surface area contributed by atoms with Crippen molar-refractivity contribution in [2.24, 2.45) is 0 Å². The SMILES string of the molecule is CCCC(CCCOCC1CO1)OCC1CO1. The monoisotopic (exact) mass is 244 g/mol. The molecule has 2 aliphatic rings. The van der Waals surface area contributed by atoms with Crippen molar-refractivity contribution in [3.63, 3.8) is 0 Å². The molecule has 0 N–H and O–H groups in total. The Morgan fingerprint density at radius 2 is 1.82 bits per heavy atom. The topological polar surface area (TPSA) is 43.5 Å². The van der Waals surface area contributed by atoms with Gasteiger partial charge in [-0.1, -0.05) is 13.3 Å². The summed E-state index contributed by atoms with van der Waals surface area (Å²) in [6.07, 6.45) is 5.60. The highest BCUT2D eigenvalue weighted by Gasteiger charge is 2.24. The first-order valence-corrected chi connectivity index (χ1v) is 6.81. The average Bonchev–Trinajstić information content (AvgIpc) is 3.18. The minimum absolute atomic E-state index is 0.373. The summed E-state index contributed by atoms with van der Waals surface area (Å²) in [4.78, 5) is 0. The molecule has 2 rings (SSSR count). The Kier molecular flexibility index (Phi) is 5.71. The molecule has 100 valence electrons. The van der Waals surface area contributed by atoms with Gasteiger partial charge in [-0.15, -0.1) is 0 Å². The fraction of sp³-hybridized carbons (Fsp3) is 1.00. The van der Waals surface area contributed by atoms with E-state index in [-0.39, 0.29) is 0 Å². The van der Waals surface area contributed by atoms with Crippen molar-refractivity contribution in [3.05, 3.63) is 0 Å². The van der Waals surface area contributed by atoms with Gasteiger partial charge in [0.2, 0.25) is 0 Å². The molecule has 2 heterocycles. The van der Waals surface area contributed by atoms with Crippen molar-refractivity contribution < 1.29 is 18.9 Å². The van der Waals surface area contributed by atoms with Crippen molar-refractivity contribution >= 4 is 0 Å². The first kappa shape index (κ1) is 13.3. The summed E-state index contributed by atoms with van der Waals surface area (Å²) in [6, 6.07) is 0. The molecular weight excluding hydrogens is 220 g/mol. The van der Waals surface area contributed by atoms with E-state index in [1.165, 1.54) is 6.42 Å². The maximum atomic E-state index is 5.84. The minimum atomic E-state index is 0.373. The summed E-state index contributed by atoms with van der Waals surface area (Å²) in [7, 11) is 0. The third-order valence-corrected chi connectivity index (χ3v) is 3.05. The van der Waals surface area contributed by atoms with Crippen LogP contribution in [0.25, 0.3) is 0 Å². The van der Waals surface area contributed by atoms with Crippen LogP contribution in [0.2, 0.25) is 0 Å². The zero-order valence-electron chi connectivity index (χ0n) is 10.7. The van der Waals surface area contributed by atoms with Gasteiger partial charge in [0.25, 0.3) is 0 Å². The second-order valence-electron chi connectivity index (χ2n) is 4.87. The van der Waals surface area contributed by atoms with Crippen LogP contribution >= 0.6 is 0 Å². The predicted octanol–water partition coefficient (Wildman–Crippen LogP) is 1.77. The van der Waals surface area contributed by atoms with Crippen LogP contribution in [0, 0.1) is 0 Å². The summed E-state index contributed by atoms with van der Waals surface area (Å²) in [6.45, 7) is 6.30. The van der Waals surface area contributed by atoms with E-state index in [1.54, 1.807) is 0 Å². The van der Waals surface area contributed by atoms with E-state index in [2.05, 4.69) is 6.92 Å². The van der Waals surface area contributed by atoms with Crippen LogP contribution in [0.5, 0.6) is 0 Å². The van der Waals surface area contributed by atoms with E-state index < -0.39 is 0 Å². The molecule has 0 aromatic heterocycles. The lowest BCUT2D eigenvalue weighted by molar-refractivity contribution is 0.0228. The van der Waals surface area contributed by atoms with Crippen LogP contribution in [0.3, 0.4) is 0 Å². The Balaban J connectivity index is 1.45. The van der Waals surface area contributed by atoms with Gasteiger partial charge in [-0.05, 0) is 19.3 Å². The third-order valence-electron chi connectivity index (χ3n) is 3.05. The molecule has 4 nitrogen and oxygen atoms in total. The quantitative estimate of drug-likeness (QED) is 0.410. The largest absolute Gasteiger partial charge is 0.379 e.